The average molecular weight is 532 g/mol. The standard InChI is InChI=1S/C30H32F3NO2.ClH/c1-21-30(35-20-24-19-27(33)12-13-29(24)36-21)14-17-34(18-15-30)16-2-3-28(22-4-8-25(31)9-5-22)23-6-10-26(32)11-7-23;/h4-13,19,21,28H,2-3,14-18,20H2,1H3;1H. The van der Waals surface area contributed by atoms with Crippen LogP contribution in [0.25, 0.3) is 0 Å². The molecule has 0 bridgehead atoms. The minimum absolute atomic E-state index is 0. The molecule has 0 aromatic heterocycles. The van der Waals surface area contributed by atoms with Gasteiger partial charge in [-0.15, -0.1) is 12.4 Å². The normalized spacial score (nSPS) is 19.1. The number of rotatable bonds is 6. The van der Waals surface area contributed by atoms with E-state index in [4.69, 9.17) is 9.47 Å². The summed E-state index contributed by atoms with van der Waals surface area (Å²) in [6.07, 6.45) is 3.43. The van der Waals surface area contributed by atoms with Crippen molar-refractivity contribution in [3.63, 3.8) is 0 Å². The van der Waals surface area contributed by atoms with Gasteiger partial charge in [0.25, 0.3) is 0 Å². The Balaban J connectivity index is 0.00000320. The molecule has 2 aliphatic heterocycles. The molecule has 3 aromatic carbocycles. The van der Waals surface area contributed by atoms with Crippen molar-refractivity contribution < 1.29 is 22.6 Å². The molecule has 1 fully saturated rings. The van der Waals surface area contributed by atoms with Crippen LogP contribution in [0.15, 0.2) is 66.7 Å². The fourth-order valence-corrected chi connectivity index (χ4v) is 5.55. The molecule has 3 nitrogen and oxygen atoms in total. The first-order valence-electron chi connectivity index (χ1n) is 12.7. The highest BCUT2D eigenvalue weighted by atomic mass is 35.5. The molecule has 2 aliphatic rings. The van der Waals surface area contributed by atoms with Crippen LogP contribution in [0.2, 0.25) is 0 Å². The molecule has 5 rings (SSSR count). The topological polar surface area (TPSA) is 21.7 Å². The summed E-state index contributed by atoms with van der Waals surface area (Å²) in [5, 5.41) is 0. The van der Waals surface area contributed by atoms with Gasteiger partial charge in [-0.05, 0) is 92.7 Å². The molecule has 198 valence electrons. The van der Waals surface area contributed by atoms with E-state index in [9.17, 15) is 13.2 Å². The zero-order valence-electron chi connectivity index (χ0n) is 21.0. The van der Waals surface area contributed by atoms with Gasteiger partial charge in [-0.25, -0.2) is 13.2 Å². The van der Waals surface area contributed by atoms with E-state index in [0.717, 1.165) is 62.0 Å². The average Bonchev–Trinajstić information content (AvgIpc) is 3.01. The van der Waals surface area contributed by atoms with Crippen LogP contribution in [0.1, 0.15) is 55.2 Å². The second-order valence-corrected chi connectivity index (χ2v) is 10.0. The highest BCUT2D eigenvalue weighted by Crippen LogP contribution is 2.38. The molecule has 0 saturated carbocycles. The summed E-state index contributed by atoms with van der Waals surface area (Å²) in [4.78, 5) is 2.45. The minimum atomic E-state index is -0.378. The lowest BCUT2D eigenvalue weighted by Crippen LogP contribution is -2.53. The summed E-state index contributed by atoms with van der Waals surface area (Å²) in [7, 11) is 0. The van der Waals surface area contributed by atoms with Gasteiger partial charge in [0.15, 0.2) is 0 Å². The van der Waals surface area contributed by atoms with E-state index in [1.54, 1.807) is 6.07 Å². The molecule has 1 atom stereocenters. The largest absolute Gasteiger partial charge is 0.487 e. The smallest absolute Gasteiger partial charge is 0.125 e. The Labute approximate surface area is 223 Å². The maximum Gasteiger partial charge on any atom is 0.125 e. The number of fused-ring (bicyclic) bond motifs is 1. The van der Waals surface area contributed by atoms with Gasteiger partial charge in [-0.1, -0.05) is 24.3 Å². The van der Waals surface area contributed by atoms with Gasteiger partial charge in [-0.3, -0.25) is 0 Å². The Morgan fingerprint density at radius 1 is 0.865 bits per heavy atom. The molecule has 0 aliphatic carbocycles. The molecule has 1 unspecified atom stereocenters. The summed E-state index contributed by atoms with van der Waals surface area (Å²) >= 11 is 0. The molecule has 0 N–H and O–H groups in total. The Bertz CT molecular complexity index is 1120. The van der Waals surface area contributed by atoms with Gasteiger partial charge in [0.1, 0.15) is 34.9 Å². The summed E-state index contributed by atoms with van der Waals surface area (Å²) in [5.74, 6) is -0.00771. The zero-order valence-corrected chi connectivity index (χ0v) is 21.8. The van der Waals surface area contributed by atoms with E-state index >= 15 is 0 Å². The predicted molar refractivity (Wildman–Crippen MR) is 141 cm³/mol. The summed E-state index contributed by atoms with van der Waals surface area (Å²) in [5.41, 5.74) is 2.45. The van der Waals surface area contributed by atoms with E-state index in [1.165, 1.54) is 36.4 Å². The molecule has 0 amide bonds. The maximum atomic E-state index is 13.7. The Hall–Kier alpha value is -2.54. The third kappa shape index (κ3) is 6.31. The van der Waals surface area contributed by atoms with Crippen LogP contribution in [0.4, 0.5) is 13.2 Å². The van der Waals surface area contributed by atoms with Crippen LogP contribution in [0, 0.1) is 17.5 Å². The molecular weight excluding hydrogens is 499 g/mol. The van der Waals surface area contributed by atoms with Crippen molar-refractivity contribution in [2.24, 2.45) is 0 Å². The van der Waals surface area contributed by atoms with E-state index < -0.39 is 0 Å². The van der Waals surface area contributed by atoms with Crippen molar-refractivity contribution in [1.29, 1.82) is 0 Å². The third-order valence-corrected chi connectivity index (χ3v) is 7.80. The highest BCUT2D eigenvalue weighted by Gasteiger charge is 2.43. The second-order valence-electron chi connectivity index (χ2n) is 10.0. The van der Waals surface area contributed by atoms with Gasteiger partial charge < -0.3 is 14.4 Å². The number of likely N-dealkylation sites (tertiary alicyclic amines) is 1. The maximum absolute atomic E-state index is 13.7. The van der Waals surface area contributed by atoms with Crippen LogP contribution < -0.4 is 4.74 Å². The SMILES string of the molecule is CC1Oc2ccc(F)cc2COC12CCN(CCCC(c1ccc(F)cc1)c1ccc(F)cc1)CC2.Cl. The third-order valence-electron chi connectivity index (χ3n) is 7.80. The molecule has 2 heterocycles. The van der Waals surface area contributed by atoms with Crippen molar-refractivity contribution in [2.75, 3.05) is 19.6 Å². The Morgan fingerprint density at radius 2 is 1.43 bits per heavy atom. The van der Waals surface area contributed by atoms with Crippen LogP contribution in [-0.2, 0) is 11.3 Å². The van der Waals surface area contributed by atoms with Gasteiger partial charge in [0.05, 0.1) is 6.61 Å². The lowest BCUT2D eigenvalue weighted by atomic mass is 9.85. The molecule has 1 saturated heterocycles. The lowest BCUT2D eigenvalue weighted by molar-refractivity contribution is -0.136. The number of piperidine rings is 1. The van der Waals surface area contributed by atoms with Crippen molar-refractivity contribution >= 4 is 12.4 Å². The first-order chi connectivity index (χ1) is 17.4. The molecule has 7 heteroatoms. The quantitative estimate of drug-likeness (QED) is 0.334. The number of benzene rings is 3. The van der Waals surface area contributed by atoms with Crippen molar-refractivity contribution in [3.05, 3.63) is 101 Å². The number of halogens is 4. The predicted octanol–water partition coefficient (Wildman–Crippen LogP) is 7.27. The van der Waals surface area contributed by atoms with E-state index in [2.05, 4.69) is 4.90 Å². The van der Waals surface area contributed by atoms with Gasteiger partial charge in [0.2, 0.25) is 0 Å². The van der Waals surface area contributed by atoms with Crippen LogP contribution in [0.3, 0.4) is 0 Å². The molecule has 0 radical (unpaired) electrons. The number of hydrogen-bond donors (Lipinski definition) is 0. The summed E-state index contributed by atoms with van der Waals surface area (Å²) in [6, 6.07) is 17.8. The first-order valence-corrected chi connectivity index (χ1v) is 12.7. The monoisotopic (exact) mass is 531 g/mol. The van der Waals surface area contributed by atoms with Crippen LogP contribution in [-0.4, -0.2) is 36.2 Å². The fourth-order valence-electron chi connectivity index (χ4n) is 5.55. The molecule has 3 aromatic rings. The second kappa shape index (κ2) is 11.9. The Kier molecular flexibility index (Phi) is 8.83. The highest BCUT2D eigenvalue weighted by molar-refractivity contribution is 5.85. The number of ether oxygens (including phenoxy) is 2. The number of hydrogen-bond acceptors (Lipinski definition) is 3. The zero-order chi connectivity index (χ0) is 25.1. The summed E-state index contributed by atoms with van der Waals surface area (Å²) < 4.78 is 53.3. The minimum Gasteiger partial charge on any atom is -0.487 e. The van der Waals surface area contributed by atoms with Gasteiger partial charge in [0, 0.05) is 24.6 Å². The molecular formula is C30H33ClF3NO2. The van der Waals surface area contributed by atoms with Crippen molar-refractivity contribution in [3.8, 4) is 5.75 Å². The van der Waals surface area contributed by atoms with Crippen molar-refractivity contribution in [1.82, 2.24) is 4.90 Å². The van der Waals surface area contributed by atoms with Gasteiger partial charge in [-0.2, -0.15) is 0 Å². The number of nitrogens with zero attached hydrogens (tertiary/aromatic N) is 1. The van der Waals surface area contributed by atoms with Crippen LogP contribution in [0.5, 0.6) is 5.75 Å². The Morgan fingerprint density at radius 3 is 2.03 bits per heavy atom. The molecule has 37 heavy (non-hydrogen) atoms. The van der Waals surface area contributed by atoms with Crippen molar-refractivity contribution in [2.45, 2.75) is 56.8 Å². The van der Waals surface area contributed by atoms with Gasteiger partial charge >= 0.3 is 0 Å². The van der Waals surface area contributed by atoms with E-state index in [-0.39, 0.29) is 47.5 Å². The lowest BCUT2D eigenvalue weighted by Gasteiger charge is -2.43. The van der Waals surface area contributed by atoms with Crippen LogP contribution >= 0.6 is 12.4 Å². The first kappa shape index (κ1) is 27.5. The van der Waals surface area contributed by atoms with E-state index in [1.807, 2.05) is 31.2 Å². The molecule has 1 spiro atoms. The van der Waals surface area contributed by atoms with E-state index in [0.29, 0.717) is 12.4 Å². The fraction of sp³-hybridized carbons (Fsp3) is 0.400. The summed E-state index contributed by atoms with van der Waals surface area (Å²) in [6.45, 7) is 5.14.